The second-order valence-electron chi connectivity index (χ2n) is 10.1. The minimum Gasteiger partial charge on any atom is -0.504 e. The number of hydrogen-bond acceptors (Lipinski definition) is 9. The number of amides is 2. The first-order valence-electron chi connectivity index (χ1n) is 13.6. The molecule has 2 heterocycles. The van der Waals surface area contributed by atoms with Gasteiger partial charge in [0.2, 0.25) is 5.91 Å². The van der Waals surface area contributed by atoms with Gasteiger partial charge in [-0.25, -0.2) is 10.9 Å². The molecular weight excluding hydrogens is 560 g/mol. The van der Waals surface area contributed by atoms with E-state index in [-0.39, 0.29) is 47.6 Å². The van der Waals surface area contributed by atoms with E-state index in [2.05, 4.69) is 26.4 Å². The number of phenolic OH excluding ortho intramolecular Hbond substituents is 2. The Morgan fingerprint density at radius 3 is 2.50 bits per heavy atom. The molecule has 11 nitrogen and oxygen atoms in total. The molecule has 220 valence electrons. The number of hydrazine groups is 1. The second-order valence-corrected chi connectivity index (χ2v) is 10.6. The lowest BCUT2D eigenvalue weighted by atomic mass is 9.99. The van der Waals surface area contributed by atoms with Gasteiger partial charge in [0.25, 0.3) is 5.91 Å². The fraction of sp³-hybridized carbons (Fsp3) is 0.300. The minimum atomic E-state index is -0.437. The number of aliphatic imine (C=N–C) groups is 1. The van der Waals surface area contributed by atoms with Gasteiger partial charge >= 0.3 is 0 Å². The smallest absolute Gasteiger partial charge is 0.251 e. The molecule has 0 spiro atoms. The van der Waals surface area contributed by atoms with Crippen LogP contribution in [-0.4, -0.2) is 66.3 Å². The van der Waals surface area contributed by atoms with Crippen LogP contribution in [0.5, 0.6) is 17.2 Å². The Hall–Kier alpha value is -4.32. The maximum atomic E-state index is 13.1. The molecule has 1 fully saturated rings. The highest BCUT2D eigenvalue weighted by Gasteiger charge is 2.40. The molecule has 2 unspecified atom stereocenters. The largest absolute Gasteiger partial charge is 0.504 e. The van der Waals surface area contributed by atoms with Crippen LogP contribution < -0.4 is 31.1 Å². The van der Waals surface area contributed by atoms with Gasteiger partial charge in [0.1, 0.15) is 11.9 Å². The Kier molecular flexibility index (Phi) is 8.81. The summed E-state index contributed by atoms with van der Waals surface area (Å²) in [6.07, 6.45) is 0.280. The number of rotatable bonds is 9. The maximum Gasteiger partial charge on any atom is 0.251 e. The number of nitrogens with zero attached hydrogens (tertiary/aromatic N) is 2. The molecular formula is C30H33ClN6O5. The first-order chi connectivity index (χ1) is 20.2. The van der Waals surface area contributed by atoms with Crippen LogP contribution in [0.3, 0.4) is 0 Å². The summed E-state index contributed by atoms with van der Waals surface area (Å²) in [5.41, 5.74) is 10.3. The Balaban J connectivity index is 1.28. The summed E-state index contributed by atoms with van der Waals surface area (Å²) < 4.78 is 5.53. The second kappa shape index (κ2) is 12.7. The third-order valence-corrected chi connectivity index (χ3v) is 7.52. The normalized spacial score (nSPS) is 19.3. The van der Waals surface area contributed by atoms with Gasteiger partial charge in [-0.15, -0.1) is 0 Å². The molecule has 2 aliphatic rings. The highest BCUT2D eigenvalue weighted by Crippen LogP contribution is 2.36. The van der Waals surface area contributed by atoms with Gasteiger partial charge in [0, 0.05) is 40.5 Å². The van der Waals surface area contributed by atoms with Crippen molar-refractivity contribution >= 4 is 34.8 Å². The lowest BCUT2D eigenvalue weighted by molar-refractivity contribution is -0.121. The number of halogens is 1. The molecule has 0 radical (unpaired) electrons. The van der Waals surface area contributed by atoms with E-state index in [1.165, 1.54) is 18.2 Å². The molecule has 0 aromatic heterocycles. The van der Waals surface area contributed by atoms with Gasteiger partial charge in [-0.05, 0) is 61.9 Å². The molecule has 2 amide bonds. The number of anilines is 1. The Bertz CT molecular complexity index is 1500. The van der Waals surface area contributed by atoms with Gasteiger partial charge in [0.05, 0.1) is 31.4 Å². The van der Waals surface area contributed by atoms with Gasteiger partial charge in [-0.3, -0.25) is 14.6 Å². The topological polar surface area (TPSA) is 148 Å². The number of carbonyl (C=O) groups excluding carboxylic acids is 2. The Morgan fingerprint density at radius 1 is 1.00 bits per heavy atom. The van der Waals surface area contributed by atoms with Crippen molar-refractivity contribution in [1.82, 2.24) is 21.5 Å². The number of nitrogens with one attached hydrogen (secondary N) is 4. The van der Waals surface area contributed by atoms with E-state index in [4.69, 9.17) is 21.3 Å². The SMILES string of the molecule is COc1ccc2c(c1)C(c1ccc(Cl)cc1)=N[C@@H](CC(=O)NCCCNC(=O)c1ccc(O)c(O)c1)C1NNC(C)N21. The van der Waals surface area contributed by atoms with Crippen molar-refractivity contribution in [3.8, 4) is 17.2 Å². The summed E-state index contributed by atoms with van der Waals surface area (Å²) in [6, 6.07) is 16.8. The number of benzene rings is 3. The molecule has 0 bridgehead atoms. The predicted octanol–water partition coefficient (Wildman–Crippen LogP) is 2.89. The summed E-state index contributed by atoms with van der Waals surface area (Å²) in [5, 5.41) is 25.3. The number of fused-ring (bicyclic) bond motifs is 3. The first-order valence-corrected chi connectivity index (χ1v) is 14.0. The van der Waals surface area contributed by atoms with Crippen LogP contribution in [-0.2, 0) is 4.79 Å². The van der Waals surface area contributed by atoms with E-state index in [9.17, 15) is 19.8 Å². The zero-order chi connectivity index (χ0) is 29.8. The summed E-state index contributed by atoms with van der Waals surface area (Å²) in [4.78, 5) is 32.7. The fourth-order valence-corrected chi connectivity index (χ4v) is 5.26. The quantitative estimate of drug-likeness (QED) is 0.164. The average Bonchev–Trinajstić information content (AvgIpc) is 3.31. The van der Waals surface area contributed by atoms with E-state index in [1.807, 2.05) is 49.4 Å². The molecule has 2 aliphatic heterocycles. The number of ether oxygens (including phenoxy) is 1. The lowest BCUT2D eigenvalue weighted by Crippen LogP contribution is -2.47. The van der Waals surface area contributed by atoms with E-state index >= 15 is 0 Å². The maximum absolute atomic E-state index is 13.1. The molecule has 0 aliphatic carbocycles. The molecule has 3 aromatic rings. The highest BCUT2D eigenvalue weighted by molar-refractivity contribution is 6.30. The van der Waals surface area contributed by atoms with Gasteiger partial charge in [-0.1, -0.05) is 23.7 Å². The molecule has 42 heavy (non-hydrogen) atoms. The van der Waals surface area contributed by atoms with Crippen LogP contribution in [0.4, 0.5) is 5.69 Å². The van der Waals surface area contributed by atoms with Crippen molar-refractivity contribution in [3.63, 3.8) is 0 Å². The van der Waals surface area contributed by atoms with E-state index in [1.54, 1.807) is 7.11 Å². The number of hydrogen-bond donors (Lipinski definition) is 6. The summed E-state index contributed by atoms with van der Waals surface area (Å²) >= 11 is 6.17. The average molecular weight is 593 g/mol. The number of phenols is 2. The molecule has 5 rings (SSSR count). The summed E-state index contributed by atoms with van der Waals surface area (Å²) in [7, 11) is 1.62. The van der Waals surface area contributed by atoms with Crippen LogP contribution in [0, 0.1) is 0 Å². The zero-order valence-corrected chi connectivity index (χ0v) is 24.0. The number of carbonyl (C=O) groups is 2. The molecule has 0 saturated carbocycles. The van der Waals surface area contributed by atoms with E-state index < -0.39 is 6.04 Å². The van der Waals surface area contributed by atoms with Gasteiger partial charge in [0.15, 0.2) is 11.5 Å². The Labute approximate surface area is 248 Å². The Morgan fingerprint density at radius 2 is 1.76 bits per heavy atom. The summed E-state index contributed by atoms with van der Waals surface area (Å²) in [5.74, 6) is -0.511. The third kappa shape index (κ3) is 6.28. The zero-order valence-electron chi connectivity index (χ0n) is 23.2. The molecule has 3 atom stereocenters. The number of methoxy groups -OCH3 is 1. The van der Waals surface area contributed by atoms with E-state index in [0.29, 0.717) is 30.3 Å². The van der Waals surface area contributed by atoms with Gasteiger partial charge < -0.3 is 30.5 Å². The van der Waals surface area contributed by atoms with Crippen LogP contribution in [0.2, 0.25) is 5.02 Å². The summed E-state index contributed by atoms with van der Waals surface area (Å²) in [6.45, 7) is 2.72. The van der Waals surface area contributed by atoms with Crippen molar-refractivity contribution in [1.29, 1.82) is 0 Å². The minimum absolute atomic E-state index is 0.0634. The third-order valence-electron chi connectivity index (χ3n) is 7.26. The first kappa shape index (κ1) is 29.2. The molecule has 1 saturated heterocycles. The standard InChI is InChI=1S/C30H33ClN6O5/c1-17-35-36-29-23(16-27(40)32-12-3-13-33-30(41)19-6-11-25(38)26(39)14-19)34-28(18-4-7-20(31)8-5-18)22-15-21(42-2)9-10-24(22)37(17)29/h4-11,14-15,17,23,29,35-36,38-39H,3,12-13,16H2,1-2H3,(H,32,40)(H,33,41)/t17?,23-,29?/m0/s1. The number of aromatic hydroxyl groups is 2. The predicted molar refractivity (Wildman–Crippen MR) is 160 cm³/mol. The van der Waals surface area contributed by atoms with Gasteiger partial charge in [-0.2, -0.15) is 0 Å². The van der Waals surface area contributed by atoms with Crippen molar-refractivity contribution in [2.45, 2.75) is 38.1 Å². The molecule has 3 aromatic carbocycles. The van der Waals surface area contributed by atoms with Crippen molar-refractivity contribution in [3.05, 3.63) is 82.4 Å². The monoisotopic (exact) mass is 592 g/mol. The van der Waals surface area contributed by atoms with Crippen molar-refractivity contribution < 1.29 is 24.5 Å². The highest BCUT2D eigenvalue weighted by atomic mass is 35.5. The van der Waals surface area contributed by atoms with E-state index in [0.717, 1.165) is 22.5 Å². The van der Waals surface area contributed by atoms with Crippen LogP contribution in [0.25, 0.3) is 0 Å². The molecule has 6 N–H and O–H groups in total. The van der Waals surface area contributed by atoms with Crippen LogP contribution >= 0.6 is 11.6 Å². The lowest BCUT2D eigenvalue weighted by Gasteiger charge is -2.31. The fourth-order valence-electron chi connectivity index (χ4n) is 5.13. The van der Waals surface area contributed by atoms with Crippen LogP contribution in [0.15, 0.2) is 65.7 Å². The van der Waals surface area contributed by atoms with Crippen molar-refractivity contribution in [2.75, 3.05) is 25.1 Å². The molecule has 12 heteroatoms. The van der Waals surface area contributed by atoms with Crippen LogP contribution in [0.1, 0.15) is 41.3 Å². The van der Waals surface area contributed by atoms with Crippen molar-refractivity contribution in [2.24, 2.45) is 4.99 Å².